The van der Waals surface area contributed by atoms with E-state index >= 15 is 0 Å². The van der Waals surface area contributed by atoms with Crippen molar-refractivity contribution in [3.8, 4) is 11.5 Å². The molecule has 1 saturated carbocycles. The first-order valence-corrected chi connectivity index (χ1v) is 8.84. The Labute approximate surface area is 141 Å². The Balaban J connectivity index is 1.42. The summed E-state index contributed by atoms with van der Waals surface area (Å²) < 4.78 is 5.83. The third kappa shape index (κ3) is 3.05. The molecule has 0 radical (unpaired) electrons. The highest BCUT2D eigenvalue weighted by Crippen LogP contribution is 2.32. The summed E-state index contributed by atoms with van der Waals surface area (Å²) in [6.07, 6.45) is 10.1. The predicted octanol–water partition coefficient (Wildman–Crippen LogP) is 3.03. The molecule has 1 aliphatic heterocycles. The van der Waals surface area contributed by atoms with Gasteiger partial charge in [0, 0.05) is 31.4 Å². The lowest BCUT2D eigenvalue weighted by Crippen LogP contribution is -2.35. The van der Waals surface area contributed by atoms with Crippen molar-refractivity contribution < 1.29 is 9.21 Å². The molecular formula is C18H22N4O2. The molecule has 1 amide bonds. The van der Waals surface area contributed by atoms with Gasteiger partial charge >= 0.3 is 0 Å². The van der Waals surface area contributed by atoms with Gasteiger partial charge in [0.2, 0.25) is 17.7 Å². The Hall–Kier alpha value is -2.24. The Morgan fingerprint density at radius 3 is 2.83 bits per heavy atom. The van der Waals surface area contributed by atoms with Crippen LogP contribution in [0.3, 0.4) is 0 Å². The number of hydrogen-bond acceptors (Lipinski definition) is 5. The summed E-state index contributed by atoms with van der Waals surface area (Å²) in [5.41, 5.74) is 0.824. The second kappa shape index (κ2) is 6.71. The molecule has 24 heavy (non-hydrogen) atoms. The monoisotopic (exact) mass is 326 g/mol. The molecule has 2 aliphatic rings. The van der Waals surface area contributed by atoms with Gasteiger partial charge in [-0.1, -0.05) is 19.3 Å². The molecule has 0 N–H and O–H groups in total. The minimum absolute atomic E-state index is 0.149. The van der Waals surface area contributed by atoms with Gasteiger partial charge in [0.05, 0.1) is 11.5 Å². The predicted molar refractivity (Wildman–Crippen MR) is 88.0 cm³/mol. The number of rotatable bonds is 3. The lowest BCUT2D eigenvalue weighted by Gasteiger charge is -2.26. The average Bonchev–Trinajstić information content (AvgIpc) is 3.32. The molecule has 0 aromatic carbocycles. The number of aromatic nitrogens is 3. The molecule has 1 atom stereocenters. The summed E-state index contributed by atoms with van der Waals surface area (Å²) >= 11 is 0. The van der Waals surface area contributed by atoms with Gasteiger partial charge in [-0.05, 0) is 31.4 Å². The van der Waals surface area contributed by atoms with E-state index in [4.69, 9.17) is 4.42 Å². The van der Waals surface area contributed by atoms with Gasteiger partial charge in [0.25, 0.3) is 0 Å². The second-order valence-corrected chi connectivity index (χ2v) is 6.79. The number of carbonyl (C=O) groups excluding carboxylic acids is 1. The lowest BCUT2D eigenvalue weighted by atomic mass is 9.88. The van der Waals surface area contributed by atoms with Crippen molar-refractivity contribution in [3.05, 3.63) is 30.4 Å². The van der Waals surface area contributed by atoms with Crippen LogP contribution in [-0.2, 0) is 4.79 Å². The van der Waals surface area contributed by atoms with E-state index in [9.17, 15) is 4.79 Å². The van der Waals surface area contributed by atoms with E-state index in [1.165, 1.54) is 19.3 Å². The Kier molecular flexibility index (Phi) is 4.28. The van der Waals surface area contributed by atoms with Crippen molar-refractivity contribution in [2.24, 2.45) is 5.92 Å². The zero-order valence-corrected chi connectivity index (χ0v) is 13.7. The third-order valence-electron chi connectivity index (χ3n) is 5.15. The zero-order valence-electron chi connectivity index (χ0n) is 13.7. The highest BCUT2D eigenvalue weighted by molar-refractivity contribution is 5.79. The first kappa shape index (κ1) is 15.3. The molecule has 0 spiro atoms. The zero-order chi connectivity index (χ0) is 16.4. The van der Waals surface area contributed by atoms with Crippen LogP contribution in [0.1, 0.15) is 50.3 Å². The maximum absolute atomic E-state index is 12.7. The molecule has 4 rings (SSSR count). The van der Waals surface area contributed by atoms with Gasteiger partial charge in [-0.25, -0.2) is 0 Å². The van der Waals surface area contributed by atoms with Crippen LogP contribution in [0.4, 0.5) is 0 Å². The smallest absolute Gasteiger partial charge is 0.249 e. The fourth-order valence-electron chi connectivity index (χ4n) is 3.78. The molecule has 6 heteroatoms. The summed E-state index contributed by atoms with van der Waals surface area (Å²) in [6.45, 7) is 1.49. The number of amides is 1. The van der Waals surface area contributed by atoms with Crippen LogP contribution < -0.4 is 0 Å². The number of nitrogens with zero attached hydrogens (tertiary/aromatic N) is 4. The van der Waals surface area contributed by atoms with Crippen LogP contribution in [0.5, 0.6) is 0 Å². The van der Waals surface area contributed by atoms with E-state index < -0.39 is 0 Å². The molecule has 2 aromatic heterocycles. The number of hydrogen-bond donors (Lipinski definition) is 0. The van der Waals surface area contributed by atoms with Crippen molar-refractivity contribution in [2.75, 3.05) is 13.1 Å². The lowest BCUT2D eigenvalue weighted by molar-refractivity contribution is -0.135. The SMILES string of the molecule is O=C(C1CCCCC1)N1CC[C@H](c2nnc(-c3cccnc3)o2)C1. The van der Waals surface area contributed by atoms with E-state index in [0.29, 0.717) is 24.2 Å². The largest absolute Gasteiger partial charge is 0.420 e. The maximum Gasteiger partial charge on any atom is 0.249 e. The molecule has 2 aromatic rings. The average molecular weight is 326 g/mol. The van der Waals surface area contributed by atoms with E-state index in [-0.39, 0.29) is 11.8 Å². The van der Waals surface area contributed by atoms with Crippen molar-refractivity contribution in [1.82, 2.24) is 20.1 Å². The van der Waals surface area contributed by atoms with Gasteiger partial charge in [0.15, 0.2) is 0 Å². The summed E-state index contributed by atoms with van der Waals surface area (Å²) in [5, 5.41) is 8.33. The number of likely N-dealkylation sites (tertiary alicyclic amines) is 1. The summed E-state index contributed by atoms with van der Waals surface area (Å²) in [4.78, 5) is 18.7. The minimum Gasteiger partial charge on any atom is -0.420 e. The van der Waals surface area contributed by atoms with Crippen molar-refractivity contribution in [3.63, 3.8) is 0 Å². The maximum atomic E-state index is 12.7. The van der Waals surface area contributed by atoms with Gasteiger partial charge in [-0.3, -0.25) is 9.78 Å². The summed E-state index contributed by atoms with van der Waals surface area (Å²) in [6, 6.07) is 3.75. The summed E-state index contributed by atoms with van der Waals surface area (Å²) in [7, 11) is 0. The van der Waals surface area contributed by atoms with Crippen LogP contribution in [0.15, 0.2) is 28.9 Å². The van der Waals surface area contributed by atoms with Gasteiger partial charge in [0.1, 0.15) is 0 Å². The highest BCUT2D eigenvalue weighted by atomic mass is 16.4. The number of pyridine rings is 1. The van der Waals surface area contributed by atoms with Crippen LogP contribution in [0.2, 0.25) is 0 Å². The third-order valence-corrected chi connectivity index (χ3v) is 5.15. The quantitative estimate of drug-likeness (QED) is 0.867. The van der Waals surface area contributed by atoms with Crippen LogP contribution in [-0.4, -0.2) is 39.1 Å². The van der Waals surface area contributed by atoms with E-state index in [2.05, 4.69) is 15.2 Å². The van der Waals surface area contributed by atoms with E-state index in [1.54, 1.807) is 12.4 Å². The van der Waals surface area contributed by atoms with Crippen molar-refractivity contribution in [2.45, 2.75) is 44.4 Å². The molecule has 3 heterocycles. The Bertz CT molecular complexity index is 694. The molecule has 2 fully saturated rings. The van der Waals surface area contributed by atoms with Crippen molar-refractivity contribution >= 4 is 5.91 Å². The van der Waals surface area contributed by atoms with E-state index in [1.807, 2.05) is 17.0 Å². The van der Waals surface area contributed by atoms with Crippen LogP contribution in [0, 0.1) is 5.92 Å². The van der Waals surface area contributed by atoms with Crippen LogP contribution in [0.25, 0.3) is 11.5 Å². The molecular weight excluding hydrogens is 304 g/mol. The Morgan fingerprint density at radius 2 is 2.04 bits per heavy atom. The highest BCUT2D eigenvalue weighted by Gasteiger charge is 2.34. The van der Waals surface area contributed by atoms with E-state index in [0.717, 1.165) is 31.4 Å². The molecule has 0 unspecified atom stereocenters. The van der Waals surface area contributed by atoms with Gasteiger partial charge in [-0.15, -0.1) is 10.2 Å². The van der Waals surface area contributed by atoms with Crippen LogP contribution >= 0.6 is 0 Å². The fraction of sp³-hybridized carbons (Fsp3) is 0.556. The molecule has 6 nitrogen and oxygen atoms in total. The second-order valence-electron chi connectivity index (χ2n) is 6.79. The van der Waals surface area contributed by atoms with Gasteiger partial charge in [-0.2, -0.15) is 0 Å². The summed E-state index contributed by atoms with van der Waals surface area (Å²) in [5.74, 6) is 1.83. The fourth-order valence-corrected chi connectivity index (χ4v) is 3.78. The first-order chi connectivity index (χ1) is 11.8. The standard InChI is InChI=1S/C18H22N4O2/c23-18(13-5-2-1-3-6-13)22-10-8-15(12-22)17-21-20-16(24-17)14-7-4-9-19-11-14/h4,7,9,11,13,15H,1-3,5-6,8,10,12H2/t15-/m0/s1. The Morgan fingerprint density at radius 1 is 1.17 bits per heavy atom. The molecule has 1 saturated heterocycles. The normalized spacial score (nSPS) is 22.0. The first-order valence-electron chi connectivity index (χ1n) is 8.84. The van der Waals surface area contributed by atoms with Crippen molar-refractivity contribution in [1.29, 1.82) is 0 Å². The van der Waals surface area contributed by atoms with Gasteiger partial charge < -0.3 is 9.32 Å². The minimum atomic E-state index is 0.149. The molecule has 1 aliphatic carbocycles. The molecule has 126 valence electrons. The number of carbonyl (C=O) groups is 1. The topological polar surface area (TPSA) is 72.1 Å². The molecule has 0 bridgehead atoms.